The van der Waals surface area contributed by atoms with Crippen molar-refractivity contribution in [3.63, 3.8) is 0 Å². The second kappa shape index (κ2) is 6.40. The highest BCUT2D eigenvalue weighted by Crippen LogP contribution is 2.22. The molecule has 0 atom stereocenters. The highest BCUT2D eigenvalue weighted by atomic mass is 32.2. The Morgan fingerprint density at radius 2 is 2.20 bits per heavy atom. The predicted octanol–water partition coefficient (Wildman–Crippen LogP) is 1.14. The van der Waals surface area contributed by atoms with Crippen LogP contribution in [0, 0.1) is 0 Å². The van der Waals surface area contributed by atoms with Gasteiger partial charge in [0.2, 0.25) is 0 Å². The van der Waals surface area contributed by atoms with Crippen LogP contribution >= 0.6 is 11.3 Å². The highest BCUT2D eigenvalue weighted by molar-refractivity contribution is 7.87. The number of nitrogens with zero attached hydrogens (tertiary/aromatic N) is 3. The Hall–Kier alpha value is -1.35. The molecule has 0 radical (unpaired) electrons. The van der Waals surface area contributed by atoms with Crippen LogP contribution in [0.4, 0.5) is 0 Å². The number of nitrogens with one attached hydrogen (secondary N) is 1. The molecule has 2 aromatic rings. The molecule has 0 unspecified atom stereocenters. The average Bonchev–Trinajstić information content (AvgIpc) is 2.88. The van der Waals surface area contributed by atoms with Crippen LogP contribution in [0.5, 0.6) is 0 Å². The summed E-state index contributed by atoms with van der Waals surface area (Å²) in [4.78, 5) is 8.53. The predicted molar refractivity (Wildman–Crippen MR) is 79.7 cm³/mol. The number of pyridine rings is 1. The molecule has 2 heterocycles. The van der Waals surface area contributed by atoms with Gasteiger partial charge in [-0.2, -0.15) is 12.7 Å². The quantitative estimate of drug-likeness (QED) is 0.868. The van der Waals surface area contributed by atoms with E-state index in [1.54, 1.807) is 12.4 Å². The van der Waals surface area contributed by atoms with Crippen molar-refractivity contribution in [1.29, 1.82) is 0 Å². The van der Waals surface area contributed by atoms with E-state index in [1.165, 1.54) is 25.4 Å². The van der Waals surface area contributed by atoms with Gasteiger partial charge in [-0.15, -0.1) is 11.3 Å². The topological polar surface area (TPSA) is 75.2 Å². The molecule has 0 amide bonds. The van der Waals surface area contributed by atoms with E-state index >= 15 is 0 Å². The Morgan fingerprint density at radius 3 is 2.85 bits per heavy atom. The lowest BCUT2D eigenvalue weighted by Gasteiger charge is -2.11. The standard InChI is InChI=1S/C12H16N4O2S2/c1-16(2)20(17,18)14-7-5-11-9-19-12(15-11)10-4-3-6-13-8-10/h3-4,6,8-9,14H,5,7H2,1-2H3. The Balaban J connectivity index is 1.94. The number of aromatic nitrogens is 2. The van der Waals surface area contributed by atoms with Gasteiger partial charge in [-0.05, 0) is 12.1 Å². The lowest BCUT2D eigenvalue weighted by molar-refractivity contribution is 0.506. The molecule has 1 N–H and O–H groups in total. The minimum atomic E-state index is -3.36. The number of rotatable bonds is 6. The number of thiazole rings is 1. The van der Waals surface area contributed by atoms with Crippen LogP contribution < -0.4 is 4.72 Å². The summed E-state index contributed by atoms with van der Waals surface area (Å²) >= 11 is 1.53. The van der Waals surface area contributed by atoms with Crippen LogP contribution in [0.1, 0.15) is 5.69 Å². The molecule has 0 spiro atoms. The summed E-state index contributed by atoms with van der Waals surface area (Å²) in [6, 6.07) is 3.81. The second-order valence-corrected chi connectivity index (χ2v) is 7.14. The Labute approximate surface area is 122 Å². The van der Waals surface area contributed by atoms with Crippen molar-refractivity contribution in [2.45, 2.75) is 6.42 Å². The summed E-state index contributed by atoms with van der Waals surface area (Å²) in [6.45, 7) is 0.330. The lowest BCUT2D eigenvalue weighted by atomic mass is 10.3. The van der Waals surface area contributed by atoms with Crippen LogP contribution in [-0.2, 0) is 16.6 Å². The van der Waals surface area contributed by atoms with Gasteiger partial charge < -0.3 is 0 Å². The third-order valence-electron chi connectivity index (χ3n) is 2.61. The van der Waals surface area contributed by atoms with Gasteiger partial charge >= 0.3 is 0 Å². The Bertz CT molecular complexity index is 653. The molecule has 20 heavy (non-hydrogen) atoms. The van der Waals surface area contributed by atoms with E-state index in [4.69, 9.17) is 0 Å². The summed E-state index contributed by atoms with van der Waals surface area (Å²) in [5, 5.41) is 2.83. The van der Waals surface area contributed by atoms with Crippen LogP contribution in [0.2, 0.25) is 0 Å². The summed E-state index contributed by atoms with van der Waals surface area (Å²) in [5.74, 6) is 0. The maximum absolute atomic E-state index is 11.5. The Kier molecular flexibility index (Phi) is 4.81. The van der Waals surface area contributed by atoms with E-state index in [9.17, 15) is 8.42 Å². The first-order valence-corrected chi connectivity index (χ1v) is 8.33. The smallest absolute Gasteiger partial charge is 0.264 e. The number of hydrogen-bond donors (Lipinski definition) is 1. The zero-order chi connectivity index (χ0) is 14.6. The lowest BCUT2D eigenvalue weighted by Crippen LogP contribution is -2.36. The van der Waals surface area contributed by atoms with Gasteiger partial charge in [-0.3, -0.25) is 4.98 Å². The van der Waals surface area contributed by atoms with Crippen molar-refractivity contribution < 1.29 is 8.42 Å². The largest absolute Gasteiger partial charge is 0.278 e. The molecule has 0 bridgehead atoms. The van der Waals surface area contributed by atoms with E-state index in [1.807, 2.05) is 17.5 Å². The van der Waals surface area contributed by atoms with E-state index in [2.05, 4.69) is 14.7 Å². The third kappa shape index (κ3) is 3.83. The van der Waals surface area contributed by atoms with Crippen molar-refractivity contribution in [3.05, 3.63) is 35.6 Å². The van der Waals surface area contributed by atoms with Gasteiger partial charge in [-0.1, -0.05) is 0 Å². The van der Waals surface area contributed by atoms with E-state index in [0.717, 1.165) is 20.6 Å². The fourth-order valence-electron chi connectivity index (χ4n) is 1.48. The average molecular weight is 312 g/mol. The fraction of sp³-hybridized carbons (Fsp3) is 0.333. The van der Waals surface area contributed by atoms with Crippen molar-refractivity contribution >= 4 is 21.5 Å². The van der Waals surface area contributed by atoms with Gasteiger partial charge in [0.1, 0.15) is 5.01 Å². The maximum atomic E-state index is 11.5. The van der Waals surface area contributed by atoms with Gasteiger partial charge in [-0.25, -0.2) is 9.71 Å². The number of hydrogen-bond acceptors (Lipinski definition) is 5. The molecule has 2 rings (SSSR count). The first-order chi connectivity index (χ1) is 9.49. The summed E-state index contributed by atoms with van der Waals surface area (Å²) in [5.41, 5.74) is 1.84. The van der Waals surface area contributed by atoms with Crippen molar-refractivity contribution in [3.8, 4) is 10.6 Å². The van der Waals surface area contributed by atoms with Crippen LogP contribution in [0.15, 0.2) is 29.9 Å². The molecular formula is C12H16N4O2S2. The van der Waals surface area contributed by atoms with Crippen molar-refractivity contribution in [1.82, 2.24) is 19.0 Å². The Morgan fingerprint density at radius 1 is 1.40 bits per heavy atom. The van der Waals surface area contributed by atoms with Crippen molar-refractivity contribution in [2.75, 3.05) is 20.6 Å². The SMILES string of the molecule is CN(C)S(=O)(=O)NCCc1csc(-c2cccnc2)n1. The first kappa shape index (κ1) is 15.0. The normalized spacial score (nSPS) is 11.9. The molecule has 2 aromatic heterocycles. The summed E-state index contributed by atoms with van der Waals surface area (Å²) in [7, 11) is -0.381. The molecule has 0 aliphatic carbocycles. The molecule has 108 valence electrons. The van der Waals surface area contributed by atoms with Gasteiger partial charge in [0.15, 0.2) is 0 Å². The first-order valence-electron chi connectivity index (χ1n) is 6.01. The minimum Gasteiger partial charge on any atom is -0.264 e. The monoisotopic (exact) mass is 312 g/mol. The van der Waals surface area contributed by atoms with E-state index in [0.29, 0.717) is 13.0 Å². The minimum absolute atomic E-state index is 0.330. The molecule has 0 aromatic carbocycles. The molecule has 0 saturated carbocycles. The van der Waals surface area contributed by atoms with Crippen LogP contribution in [0.25, 0.3) is 10.6 Å². The summed E-state index contributed by atoms with van der Waals surface area (Å²) < 4.78 is 26.7. The van der Waals surface area contributed by atoms with E-state index < -0.39 is 10.2 Å². The third-order valence-corrected chi connectivity index (χ3v) is 5.08. The fourth-order valence-corrected chi connectivity index (χ4v) is 2.94. The van der Waals surface area contributed by atoms with Gasteiger partial charge in [0, 0.05) is 50.4 Å². The van der Waals surface area contributed by atoms with Gasteiger partial charge in [0.25, 0.3) is 10.2 Å². The zero-order valence-corrected chi connectivity index (χ0v) is 12.9. The molecule has 0 saturated heterocycles. The highest BCUT2D eigenvalue weighted by Gasteiger charge is 2.12. The van der Waals surface area contributed by atoms with Crippen molar-refractivity contribution in [2.24, 2.45) is 0 Å². The van der Waals surface area contributed by atoms with E-state index in [-0.39, 0.29) is 0 Å². The maximum Gasteiger partial charge on any atom is 0.278 e. The molecule has 8 heteroatoms. The summed E-state index contributed by atoms with van der Waals surface area (Å²) in [6.07, 6.45) is 4.04. The zero-order valence-electron chi connectivity index (χ0n) is 11.3. The molecular weight excluding hydrogens is 296 g/mol. The van der Waals surface area contributed by atoms with Gasteiger partial charge in [0.05, 0.1) is 5.69 Å². The second-order valence-electron chi connectivity index (χ2n) is 4.32. The molecule has 0 aliphatic heterocycles. The molecule has 0 aliphatic rings. The molecule has 0 fully saturated rings. The van der Waals surface area contributed by atoms with Crippen LogP contribution in [0.3, 0.4) is 0 Å². The molecule has 6 nitrogen and oxygen atoms in total. The van der Waals surface area contributed by atoms with Crippen LogP contribution in [-0.4, -0.2) is 43.3 Å².